The minimum Gasteiger partial charge on any atom is -0.389 e. The second-order valence-corrected chi connectivity index (χ2v) is 5.70. The summed E-state index contributed by atoms with van der Waals surface area (Å²) in [5.74, 6) is -0.0838. The van der Waals surface area contributed by atoms with Crippen LogP contribution in [0.3, 0.4) is 0 Å². The first kappa shape index (κ1) is 14.5. The number of amides is 1. The van der Waals surface area contributed by atoms with Gasteiger partial charge in [0.1, 0.15) is 0 Å². The van der Waals surface area contributed by atoms with Crippen LogP contribution in [0.5, 0.6) is 0 Å². The Hall–Kier alpha value is -0.610. The number of nitrogens with one attached hydrogen (secondary N) is 1. The van der Waals surface area contributed by atoms with Crippen molar-refractivity contribution >= 4 is 5.91 Å². The van der Waals surface area contributed by atoms with E-state index in [1.165, 1.54) is 6.42 Å². The summed E-state index contributed by atoms with van der Waals surface area (Å²) in [5, 5.41) is 13.1. The van der Waals surface area contributed by atoms with E-state index < -0.39 is 5.60 Å². The van der Waals surface area contributed by atoms with Crippen molar-refractivity contribution in [2.75, 3.05) is 13.7 Å². The minimum absolute atomic E-state index is 0.0838. The third-order valence-electron chi connectivity index (χ3n) is 3.54. The van der Waals surface area contributed by atoms with Gasteiger partial charge in [0.2, 0.25) is 5.91 Å². The predicted octanol–water partition coefficient (Wildman–Crippen LogP) is 1.61. The van der Waals surface area contributed by atoms with Gasteiger partial charge < -0.3 is 15.2 Å². The first-order valence-corrected chi connectivity index (χ1v) is 6.41. The zero-order valence-corrected chi connectivity index (χ0v) is 11.2. The van der Waals surface area contributed by atoms with Crippen molar-refractivity contribution in [2.45, 2.75) is 63.6 Å². The van der Waals surface area contributed by atoms with E-state index in [0.717, 1.165) is 25.7 Å². The summed E-state index contributed by atoms with van der Waals surface area (Å²) in [7, 11) is 1.63. The molecule has 0 unspecified atom stereocenters. The molecule has 0 saturated heterocycles. The summed E-state index contributed by atoms with van der Waals surface area (Å²) in [6, 6.07) is 0. The van der Waals surface area contributed by atoms with Crippen LogP contribution in [0.25, 0.3) is 0 Å². The van der Waals surface area contributed by atoms with E-state index in [9.17, 15) is 9.90 Å². The van der Waals surface area contributed by atoms with Crippen LogP contribution >= 0.6 is 0 Å². The molecular formula is C13H25NO3. The molecule has 1 amide bonds. The van der Waals surface area contributed by atoms with E-state index in [2.05, 4.69) is 5.32 Å². The number of rotatable bonds is 5. The molecule has 1 fully saturated rings. The molecule has 0 atom stereocenters. The highest BCUT2D eigenvalue weighted by Gasteiger charge is 2.32. The van der Waals surface area contributed by atoms with Crippen LogP contribution in [0.15, 0.2) is 0 Å². The summed E-state index contributed by atoms with van der Waals surface area (Å²) in [6.07, 6.45) is 4.91. The molecule has 0 spiro atoms. The number of aliphatic hydroxyl groups is 1. The van der Waals surface area contributed by atoms with Crippen molar-refractivity contribution in [2.24, 2.45) is 0 Å². The highest BCUT2D eigenvalue weighted by molar-refractivity contribution is 5.77. The Balaban J connectivity index is 2.33. The van der Waals surface area contributed by atoms with Gasteiger partial charge in [0.05, 0.1) is 17.6 Å². The van der Waals surface area contributed by atoms with Gasteiger partial charge in [0, 0.05) is 13.7 Å². The van der Waals surface area contributed by atoms with Gasteiger partial charge in [-0.05, 0) is 26.7 Å². The summed E-state index contributed by atoms with van der Waals surface area (Å²) < 4.78 is 5.23. The first-order valence-electron chi connectivity index (χ1n) is 6.41. The zero-order valence-electron chi connectivity index (χ0n) is 11.2. The molecule has 2 N–H and O–H groups in total. The molecule has 4 nitrogen and oxygen atoms in total. The lowest BCUT2D eigenvalue weighted by molar-refractivity contribution is -0.128. The molecule has 4 heteroatoms. The molecular weight excluding hydrogens is 218 g/mol. The lowest BCUT2D eigenvalue weighted by Gasteiger charge is -2.32. The lowest BCUT2D eigenvalue weighted by Crippen LogP contribution is -2.43. The third kappa shape index (κ3) is 5.04. The molecule has 0 aromatic carbocycles. The number of carbonyl (C=O) groups is 1. The Morgan fingerprint density at radius 1 is 1.35 bits per heavy atom. The quantitative estimate of drug-likeness (QED) is 0.771. The maximum absolute atomic E-state index is 11.8. The molecule has 0 radical (unpaired) electrons. The fraction of sp³-hybridized carbons (Fsp3) is 0.923. The number of ether oxygens (including phenoxy) is 1. The maximum atomic E-state index is 11.8. The molecule has 0 heterocycles. The molecule has 17 heavy (non-hydrogen) atoms. The van der Waals surface area contributed by atoms with E-state index in [0.29, 0.717) is 6.54 Å². The minimum atomic E-state index is -0.778. The molecule has 0 aliphatic heterocycles. The topological polar surface area (TPSA) is 58.6 Å². The fourth-order valence-electron chi connectivity index (χ4n) is 2.13. The molecule has 1 aliphatic carbocycles. The molecule has 0 bridgehead atoms. The first-order chi connectivity index (χ1) is 7.87. The lowest BCUT2D eigenvalue weighted by atomic mass is 9.82. The summed E-state index contributed by atoms with van der Waals surface area (Å²) >= 11 is 0. The third-order valence-corrected chi connectivity index (χ3v) is 3.54. The van der Waals surface area contributed by atoms with Crippen LogP contribution in [0.2, 0.25) is 0 Å². The van der Waals surface area contributed by atoms with Crippen LogP contribution in [-0.4, -0.2) is 35.9 Å². The number of hydrogen-bond acceptors (Lipinski definition) is 3. The van der Waals surface area contributed by atoms with E-state index in [-0.39, 0.29) is 17.9 Å². The second kappa shape index (κ2) is 5.83. The standard InChI is InChI=1S/C13H25NO3/c1-12(2,17-3)10-14-11(15)9-13(16)7-5-4-6-8-13/h16H,4-10H2,1-3H3,(H,14,15). The monoisotopic (exact) mass is 243 g/mol. The molecule has 1 rings (SSSR count). The molecule has 0 aromatic heterocycles. The van der Waals surface area contributed by atoms with Crippen molar-refractivity contribution in [1.29, 1.82) is 0 Å². The van der Waals surface area contributed by atoms with Gasteiger partial charge in [0.25, 0.3) is 0 Å². The van der Waals surface area contributed by atoms with E-state index >= 15 is 0 Å². The van der Waals surface area contributed by atoms with Crippen LogP contribution in [0.4, 0.5) is 0 Å². The van der Waals surface area contributed by atoms with Crippen molar-refractivity contribution in [1.82, 2.24) is 5.32 Å². The van der Waals surface area contributed by atoms with E-state index in [1.807, 2.05) is 13.8 Å². The SMILES string of the molecule is COC(C)(C)CNC(=O)CC1(O)CCCCC1. The Labute approximate surface area is 104 Å². The van der Waals surface area contributed by atoms with E-state index in [4.69, 9.17) is 4.74 Å². The van der Waals surface area contributed by atoms with Crippen molar-refractivity contribution in [3.63, 3.8) is 0 Å². The molecule has 1 aliphatic rings. The number of methoxy groups -OCH3 is 1. The van der Waals surface area contributed by atoms with Crippen LogP contribution in [0, 0.1) is 0 Å². The summed E-state index contributed by atoms with van der Waals surface area (Å²) in [4.78, 5) is 11.8. The second-order valence-electron chi connectivity index (χ2n) is 5.70. The van der Waals surface area contributed by atoms with Gasteiger partial charge in [-0.15, -0.1) is 0 Å². The van der Waals surface area contributed by atoms with Gasteiger partial charge in [-0.1, -0.05) is 19.3 Å². The van der Waals surface area contributed by atoms with Crippen LogP contribution < -0.4 is 5.32 Å². The summed E-state index contributed by atoms with van der Waals surface area (Å²) in [5.41, 5.74) is -1.13. The Kier molecular flexibility index (Phi) is 4.95. The Morgan fingerprint density at radius 2 is 1.94 bits per heavy atom. The van der Waals surface area contributed by atoms with Gasteiger partial charge in [-0.25, -0.2) is 0 Å². The highest BCUT2D eigenvalue weighted by atomic mass is 16.5. The van der Waals surface area contributed by atoms with Gasteiger partial charge >= 0.3 is 0 Å². The Morgan fingerprint density at radius 3 is 2.47 bits per heavy atom. The average molecular weight is 243 g/mol. The zero-order chi connectivity index (χ0) is 12.9. The molecule has 100 valence electrons. The average Bonchev–Trinajstić information content (AvgIpc) is 2.27. The van der Waals surface area contributed by atoms with Gasteiger partial charge in [-0.2, -0.15) is 0 Å². The van der Waals surface area contributed by atoms with Crippen LogP contribution in [0.1, 0.15) is 52.4 Å². The molecule has 1 saturated carbocycles. The normalized spacial score (nSPS) is 20.0. The van der Waals surface area contributed by atoms with Crippen molar-refractivity contribution in [3.8, 4) is 0 Å². The predicted molar refractivity (Wildman–Crippen MR) is 66.7 cm³/mol. The largest absolute Gasteiger partial charge is 0.389 e. The van der Waals surface area contributed by atoms with Crippen LogP contribution in [-0.2, 0) is 9.53 Å². The number of carbonyl (C=O) groups excluding carboxylic acids is 1. The number of hydrogen-bond donors (Lipinski definition) is 2. The molecule has 0 aromatic rings. The maximum Gasteiger partial charge on any atom is 0.222 e. The fourth-order valence-corrected chi connectivity index (χ4v) is 2.13. The van der Waals surface area contributed by atoms with E-state index in [1.54, 1.807) is 7.11 Å². The smallest absolute Gasteiger partial charge is 0.222 e. The Bertz CT molecular complexity index is 257. The van der Waals surface area contributed by atoms with Crippen molar-refractivity contribution in [3.05, 3.63) is 0 Å². The summed E-state index contributed by atoms with van der Waals surface area (Å²) in [6.45, 7) is 4.31. The highest BCUT2D eigenvalue weighted by Crippen LogP contribution is 2.30. The van der Waals surface area contributed by atoms with Crippen molar-refractivity contribution < 1.29 is 14.6 Å². The van der Waals surface area contributed by atoms with Gasteiger partial charge in [-0.3, -0.25) is 4.79 Å². The van der Waals surface area contributed by atoms with Gasteiger partial charge in [0.15, 0.2) is 0 Å².